The zero-order chi connectivity index (χ0) is 7.73. The topological polar surface area (TPSA) is 21.3 Å². The van der Waals surface area contributed by atoms with Crippen LogP contribution in [-0.4, -0.2) is 24.8 Å². The summed E-state index contributed by atoms with van der Waals surface area (Å²) in [6, 6.07) is 0.662. The van der Waals surface area contributed by atoms with Gasteiger partial charge in [-0.25, -0.2) is 0 Å². The average molecular weight is 155 g/mol. The first-order valence-electron chi connectivity index (χ1n) is 4.75. The summed E-state index contributed by atoms with van der Waals surface area (Å²) in [7, 11) is 0. The maximum atomic E-state index is 5.68. The highest BCUT2D eigenvalue weighted by Crippen LogP contribution is 2.42. The second kappa shape index (κ2) is 2.76. The Hall–Kier alpha value is -0.0800. The molecule has 0 aromatic carbocycles. The molecule has 2 rings (SSSR count). The van der Waals surface area contributed by atoms with Crippen LogP contribution in [0.4, 0.5) is 0 Å². The van der Waals surface area contributed by atoms with Gasteiger partial charge in [-0.3, -0.25) is 0 Å². The lowest BCUT2D eigenvalue weighted by Gasteiger charge is -2.47. The Morgan fingerprint density at radius 2 is 2.18 bits per heavy atom. The molecule has 0 aromatic heterocycles. The fourth-order valence-corrected chi connectivity index (χ4v) is 2.36. The van der Waals surface area contributed by atoms with E-state index in [2.05, 4.69) is 12.2 Å². The normalized spacial score (nSPS) is 34.1. The number of nitrogens with one attached hydrogen (secondary N) is 1. The monoisotopic (exact) mass is 155 g/mol. The SMILES string of the molecule is CCNC1COC12CCCC2. The van der Waals surface area contributed by atoms with Crippen molar-refractivity contribution in [3.63, 3.8) is 0 Å². The summed E-state index contributed by atoms with van der Waals surface area (Å²) in [6.45, 7) is 4.19. The molecule has 64 valence electrons. The Kier molecular flexibility index (Phi) is 1.90. The summed E-state index contributed by atoms with van der Waals surface area (Å²) < 4.78 is 5.68. The molecule has 1 saturated heterocycles. The minimum absolute atomic E-state index is 0.274. The van der Waals surface area contributed by atoms with E-state index in [1.54, 1.807) is 0 Å². The lowest BCUT2D eigenvalue weighted by atomic mass is 9.87. The maximum absolute atomic E-state index is 5.68. The molecule has 2 nitrogen and oxygen atoms in total. The smallest absolute Gasteiger partial charge is 0.0858 e. The van der Waals surface area contributed by atoms with Gasteiger partial charge in [-0.15, -0.1) is 0 Å². The minimum Gasteiger partial charge on any atom is -0.372 e. The standard InChI is InChI=1S/C9H17NO/c1-2-10-8-7-11-9(8)5-3-4-6-9/h8,10H,2-7H2,1H3. The second-order valence-corrected chi connectivity index (χ2v) is 3.69. The molecule has 0 bridgehead atoms. The molecule has 1 saturated carbocycles. The van der Waals surface area contributed by atoms with Gasteiger partial charge in [0.1, 0.15) is 0 Å². The van der Waals surface area contributed by atoms with Crippen LogP contribution >= 0.6 is 0 Å². The molecule has 1 unspecified atom stereocenters. The van der Waals surface area contributed by atoms with Crippen molar-refractivity contribution in [2.75, 3.05) is 13.2 Å². The third-order valence-corrected chi connectivity index (χ3v) is 3.07. The van der Waals surface area contributed by atoms with Gasteiger partial charge in [0, 0.05) is 0 Å². The molecule has 2 heteroatoms. The number of ether oxygens (including phenoxy) is 1. The zero-order valence-electron chi connectivity index (χ0n) is 7.23. The number of hydrogen-bond acceptors (Lipinski definition) is 2. The van der Waals surface area contributed by atoms with Gasteiger partial charge in [-0.05, 0) is 19.4 Å². The number of hydrogen-bond donors (Lipinski definition) is 1. The molecule has 1 N–H and O–H groups in total. The van der Waals surface area contributed by atoms with E-state index in [-0.39, 0.29) is 5.60 Å². The van der Waals surface area contributed by atoms with Crippen molar-refractivity contribution in [1.82, 2.24) is 5.32 Å². The molecule has 2 aliphatic rings. The van der Waals surface area contributed by atoms with Gasteiger partial charge < -0.3 is 10.1 Å². The van der Waals surface area contributed by atoms with Crippen LogP contribution in [0.15, 0.2) is 0 Å². The largest absolute Gasteiger partial charge is 0.372 e. The predicted octanol–water partition coefficient (Wildman–Crippen LogP) is 1.31. The van der Waals surface area contributed by atoms with Crippen molar-refractivity contribution in [2.45, 2.75) is 44.2 Å². The van der Waals surface area contributed by atoms with Gasteiger partial charge in [-0.2, -0.15) is 0 Å². The predicted molar refractivity (Wildman–Crippen MR) is 44.6 cm³/mol. The van der Waals surface area contributed by atoms with E-state index in [4.69, 9.17) is 4.74 Å². The minimum atomic E-state index is 0.274. The Labute approximate surface area is 68.3 Å². The van der Waals surface area contributed by atoms with E-state index in [9.17, 15) is 0 Å². The summed E-state index contributed by atoms with van der Waals surface area (Å²) in [5, 5.41) is 3.49. The van der Waals surface area contributed by atoms with Crippen molar-refractivity contribution in [2.24, 2.45) is 0 Å². The molecule has 11 heavy (non-hydrogen) atoms. The van der Waals surface area contributed by atoms with Crippen LogP contribution in [0, 0.1) is 0 Å². The second-order valence-electron chi connectivity index (χ2n) is 3.69. The van der Waals surface area contributed by atoms with Crippen LogP contribution in [0.25, 0.3) is 0 Å². The highest BCUT2D eigenvalue weighted by Gasteiger charge is 2.49. The van der Waals surface area contributed by atoms with E-state index in [0.29, 0.717) is 6.04 Å². The Bertz CT molecular complexity index is 140. The van der Waals surface area contributed by atoms with Gasteiger partial charge >= 0.3 is 0 Å². The summed E-state index contributed by atoms with van der Waals surface area (Å²) >= 11 is 0. The molecule has 1 atom stereocenters. The Morgan fingerprint density at radius 1 is 1.45 bits per heavy atom. The molecular weight excluding hydrogens is 138 g/mol. The molecule has 0 amide bonds. The molecule has 1 heterocycles. The van der Waals surface area contributed by atoms with E-state index >= 15 is 0 Å². The zero-order valence-corrected chi connectivity index (χ0v) is 7.23. The summed E-state index contributed by atoms with van der Waals surface area (Å²) in [5.41, 5.74) is 0.274. The van der Waals surface area contributed by atoms with Crippen LogP contribution in [0.2, 0.25) is 0 Å². The number of likely N-dealkylation sites (N-methyl/N-ethyl adjacent to an activating group) is 1. The van der Waals surface area contributed by atoms with Crippen molar-refractivity contribution in [3.8, 4) is 0 Å². The Morgan fingerprint density at radius 3 is 2.64 bits per heavy atom. The van der Waals surface area contributed by atoms with Gasteiger partial charge in [0.15, 0.2) is 0 Å². The third-order valence-electron chi connectivity index (χ3n) is 3.07. The van der Waals surface area contributed by atoms with E-state index < -0.39 is 0 Å². The fraction of sp³-hybridized carbons (Fsp3) is 1.00. The molecule has 0 aromatic rings. The summed E-state index contributed by atoms with van der Waals surface area (Å²) in [6.07, 6.45) is 5.29. The summed E-state index contributed by atoms with van der Waals surface area (Å²) in [5.74, 6) is 0. The molecular formula is C9H17NO. The fourth-order valence-electron chi connectivity index (χ4n) is 2.36. The highest BCUT2D eigenvalue weighted by atomic mass is 16.5. The Balaban J connectivity index is 1.92. The molecule has 0 radical (unpaired) electrons. The molecule has 2 fully saturated rings. The first-order chi connectivity index (χ1) is 5.37. The van der Waals surface area contributed by atoms with Gasteiger partial charge in [0.2, 0.25) is 0 Å². The van der Waals surface area contributed by atoms with Crippen molar-refractivity contribution in [1.29, 1.82) is 0 Å². The average Bonchev–Trinajstić information content (AvgIpc) is 2.48. The van der Waals surface area contributed by atoms with Crippen molar-refractivity contribution >= 4 is 0 Å². The van der Waals surface area contributed by atoms with Gasteiger partial charge in [0.25, 0.3) is 0 Å². The van der Waals surface area contributed by atoms with Crippen molar-refractivity contribution < 1.29 is 4.74 Å². The van der Waals surface area contributed by atoms with Crippen LogP contribution in [0.1, 0.15) is 32.6 Å². The van der Waals surface area contributed by atoms with Crippen molar-refractivity contribution in [3.05, 3.63) is 0 Å². The molecule has 1 spiro atoms. The number of rotatable bonds is 2. The van der Waals surface area contributed by atoms with Crippen LogP contribution < -0.4 is 5.32 Å². The third kappa shape index (κ3) is 1.09. The van der Waals surface area contributed by atoms with Crippen LogP contribution in [0.3, 0.4) is 0 Å². The quantitative estimate of drug-likeness (QED) is 0.649. The van der Waals surface area contributed by atoms with E-state index in [1.807, 2.05) is 0 Å². The molecule has 1 aliphatic carbocycles. The first-order valence-corrected chi connectivity index (χ1v) is 4.75. The summed E-state index contributed by atoms with van der Waals surface area (Å²) in [4.78, 5) is 0. The highest BCUT2D eigenvalue weighted by molar-refractivity contribution is 5.03. The molecule has 1 aliphatic heterocycles. The lowest BCUT2D eigenvalue weighted by Crippen LogP contribution is -2.62. The van der Waals surface area contributed by atoms with Crippen LogP contribution in [0.5, 0.6) is 0 Å². The first kappa shape index (κ1) is 7.56. The van der Waals surface area contributed by atoms with E-state index in [0.717, 1.165) is 13.2 Å². The van der Waals surface area contributed by atoms with Gasteiger partial charge in [0.05, 0.1) is 18.2 Å². The van der Waals surface area contributed by atoms with Gasteiger partial charge in [-0.1, -0.05) is 19.8 Å². The lowest BCUT2D eigenvalue weighted by molar-refractivity contribution is -0.172. The van der Waals surface area contributed by atoms with E-state index in [1.165, 1.54) is 25.7 Å². The maximum Gasteiger partial charge on any atom is 0.0858 e. The van der Waals surface area contributed by atoms with Crippen LogP contribution in [-0.2, 0) is 4.74 Å².